The molecule has 0 saturated carbocycles. The van der Waals surface area contributed by atoms with Crippen LogP contribution in [-0.4, -0.2) is 38.7 Å². The first-order chi connectivity index (χ1) is 19.2. The highest BCUT2D eigenvalue weighted by Crippen LogP contribution is 2.40. The molecule has 0 aromatic heterocycles. The van der Waals surface area contributed by atoms with Crippen LogP contribution in [0.25, 0.3) is 6.08 Å². The number of rotatable bonds is 9. The van der Waals surface area contributed by atoms with Crippen molar-refractivity contribution in [2.45, 2.75) is 13.5 Å². The summed E-state index contributed by atoms with van der Waals surface area (Å²) in [6.07, 6.45) is 1.38. The lowest BCUT2D eigenvalue weighted by Crippen LogP contribution is -2.54. The zero-order valence-corrected chi connectivity index (χ0v) is 25.2. The van der Waals surface area contributed by atoms with E-state index in [0.717, 1.165) is 10.5 Å². The molecule has 3 aromatic carbocycles. The molecule has 12 heteroatoms. The van der Waals surface area contributed by atoms with Crippen molar-refractivity contribution in [2.75, 3.05) is 25.7 Å². The normalized spacial score (nSPS) is 14.3. The lowest BCUT2D eigenvalue weighted by atomic mass is 10.1. The standard InChI is InChI=1S/C28H23Cl2IN2O7/c1-4-39-24-11-16(10-20(31)25(24)40-14-15-5-7-17(29)8-6-15)9-18-26(34)32-28(36)33(27(18)35)21-13-22(37-2)19(30)12-23(21)38-3/h5-13H,4,14H2,1-3H3,(H,32,34,36)/b18-9+. The summed E-state index contributed by atoms with van der Waals surface area (Å²) < 4.78 is 23.1. The van der Waals surface area contributed by atoms with Crippen LogP contribution in [0.5, 0.6) is 23.0 Å². The van der Waals surface area contributed by atoms with Crippen LogP contribution in [0.1, 0.15) is 18.1 Å². The van der Waals surface area contributed by atoms with Crippen LogP contribution >= 0.6 is 45.8 Å². The topological polar surface area (TPSA) is 103 Å². The number of anilines is 1. The van der Waals surface area contributed by atoms with Gasteiger partial charge in [-0.15, -0.1) is 0 Å². The number of urea groups is 1. The number of amides is 4. The van der Waals surface area contributed by atoms with Crippen LogP contribution in [-0.2, 0) is 16.2 Å². The van der Waals surface area contributed by atoms with E-state index >= 15 is 0 Å². The van der Waals surface area contributed by atoms with Gasteiger partial charge in [-0.25, -0.2) is 9.69 Å². The minimum Gasteiger partial charge on any atom is -0.495 e. The molecule has 4 amide bonds. The molecule has 1 N–H and O–H groups in total. The molecule has 4 rings (SSSR count). The molecular weight excluding hydrogens is 674 g/mol. The number of imide groups is 2. The van der Waals surface area contributed by atoms with Crippen LogP contribution in [0, 0.1) is 3.57 Å². The first kappa shape index (κ1) is 29.5. The van der Waals surface area contributed by atoms with Gasteiger partial charge in [0.05, 0.1) is 35.1 Å². The predicted octanol–water partition coefficient (Wildman–Crippen LogP) is 6.26. The van der Waals surface area contributed by atoms with Crippen molar-refractivity contribution in [3.05, 3.63) is 78.8 Å². The third kappa shape index (κ3) is 6.29. The Bertz CT molecular complexity index is 1510. The van der Waals surface area contributed by atoms with E-state index in [-0.39, 0.29) is 34.4 Å². The van der Waals surface area contributed by atoms with Gasteiger partial charge in [0.2, 0.25) is 0 Å². The molecule has 0 aliphatic carbocycles. The lowest BCUT2D eigenvalue weighted by molar-refractivity contribution is -0.122. The Kier molecular flexibility index (Phi) is 9.44. The van der Waals surface area contributed by atoms with Crippen molar-refractivity contribution in [1.82, 2.24) is 5.32 Å². The van der Waals surface area contributed by atoms with E-state index in [1.807, 2.05) is 19.1 Å². The fourth-order valence-electron chi connectivity index (χ4n) is 3.87. The van der Waals surface area contributed by atoms with Crippen molar-refractivity contribution in [1.29, 1.82) is 0 Å². The molecule has 0 radical (unpaired) electrons. The number of nitrogens with zero attached hydrogens (tertiary/aromatic N) is 1. The third-order valence-electron chi connectivity index (χ3n) is 5.74. The summed E-state index contributed by atoms with van der Waals surface area (Å²) >= 11 is 14.2. The summed E-state index contributed by atoms with van der Waals surface area (Å²) in [6, 6.07) is 12.5. The smallest absolute Gasteiger partial charge is 0.336 e. The van der Waals surface area contributed by atoms with Gasteiger partial charge in [-0.3, -0.25) is 14.9 Å². The Labute approximate surface area is 254 Å². The summed E-state index contributed by atoms with van der Waals surface area (Å²) in [6.45, 7) is 2.46. The highest BCUT2D eigenvalue weighted by atomic mass is 127. The lowest BCUT2D eigenvalue weighted by Gasteiger charge is -2.28. The second-order valence-corrected chi connectivity index (χ2v) is 10.3. The predicted molar refractivity (Wildman–Crippen MR) is 160 cm³/mol. The van der Waals surface area contributed by atoms with Gasteiger partial charge in [-0.2, -0.15) is 0 Å². The SMILES string of the molecule is CCOc1cc(/C=C2\C(=O)NC(=O)N(c3cc(OC)c(Cl)cc3OC)C2=O)cc(I)c1OCc1ccc(Cl)cc1. The van der Waals surface area contributed by atoms with E-state index in [4.69, 9.17) is 42.1 Å². The summed E-state index contributed by atoms with van der Waals surface area (Å²) in [5.41, 5.74) is 1.18. The van der Waals surface area contributed by atoms with Gasteiger partial charge in [-0.1, -0.05) is 35.3 Å². The maximum atomic E-state index is 13.5. The van der Waals surface area contributed by atoms with Crippen molar-refractivity contribution in [2.24, 2.45) is 0 Å². The monoisotopic (exact) mass is 696 g/mol. The first-order valence-corrected chi connectivity index (χ1v) is 13.7. The molecule has 0 spiro atoms. The molecule has 40 heavy (non-hydrogen) atoms. The molecule has 0 atom stereocenters. The average Bonchev–Trinajstić information content (AvgIpc) is 2.92. The Morgan fingerprint density at radius 3 is 2.27 bits per heavy atom. The van der Waals surface area contributed by atoms with E-state index in [2.05, 4.69) is 27.9 Å². The van der Waals surface area contributed by atoms with E-state index < -0.39 is 17.8 Å². The third-order valence-corrected chi connectivity index (χ3v) is 7.08. The summed E-state index contributed by atoms with van der Waals surface area (Å²) in [5, 5.41) is 3.05. The number of halogens is 3. The van der Waals surface area contributed by atoms with Crippen molar-refractivity contribution in [3.63, 3.8) is 0 Å². The highest BCUT2D eigenvalue weighted by molar-refractivity contribution is 14.1. The molecule has 1 fully saturated rings. The molecule has 1 heterocycles. The zero-order chi connectivity index (χ0) is 29.0. The number of barbiturate groups is 1. The largest absolute Gasteiger partial charge is 0.495 e. The quantitative estimate of drug-likeness (QED) is 0.160. The molecule has 0 unspecified atom stereocenters. The molecule has 1 aliphatic rings. The van der Waals surface area contributed by atoms with Gasteiger partial charge >= 0.3 is 6.03 Å². The number of hydrogen-bond acceptors (Lipinski definition) is 7. The van der Waals surface area contributed by atoms with Gasteiger partial charge in [-0.05, 0) is 71.0 Å². The van der Waals surface area contributed by atoms with Crippen molar-refractivity contribution in [3.8, 4) is 23.0 Å². The van der Waals surface area contributed by atoms with Gasteiger partial charge in [0.1, 0.15) is 23.7 Å². The minimum atomic E-state index is -0.939. The maximum Gasteiger partial charge on any atom is 0.336 e. The first-order valence-electron chi connectivity index (χ1n) is 11.8. The summed E-state index contributed by atoms with van der Waals surface area (Å²) in [4.78, 5) is 39.9. The number of carbonyl (C=O) groups excluding carboxylic acids is 3. The van der Waals surface area contributed by atoms with Gasteiger partial charge < -0.3 is 18.9 Å². The van der Waals surface area contributed by atoms with Gasteiger partial charge in [0.15, 0.2) is 11.5 Å². The van der Waals surface area contributed by atoms with Crippen molar-refractivity contribution >= 4 is 75.4 Å². The van der Waals surface area contributed by atoms with E-state index in [9.17, 15) is 14.4 Å². The maximum absolute atomic E-state index is 13.5. The highest BCUT2D eigenvalue weighted by Gasteiger charge is 2.38. The zero-order valence-electron chi connectivity index (χ0n) is 21.5. The van der Waals surface area contributed by atoms with E-state index in [0.29, 0.717) is 32.3 Å². The van der Waals surface area contributed by atoms with Gasteiger partial charge in [0, 0.05) is 17.2 Å². The fraction of sp³-hybridized carbons (Fsp3) is 0.179. The van der Waals surface area contributed by atoms with Crippen LogP contribution in [0.2, 0.25) is 10.0 Å². The molecule has 1 saturated heterocycles. The Morgan fingerprint density at radius 1 is 0.925 bits per heavy atom. The van der Waals surface area contributed by atoms with Crippen LogP contribution in [0.4, 0.5) is 10.5 Å². The summed E-state index contributed by atoms with van der Waals surface area (Å²) in [5.74, 6) is -0.414. The van der Waals surface area contributed by atoms with E-state index in [1.54, 1.807) is 24.3 Å². The number of hydrogen-bond donors (Lipinski definition) is 1. The molecule has 3 aromatic rings. The molecule has 9 nitrogen and oxygen atoms in total. The summed E-state index contributed by atoms with van der Waals surface area (Å²) in [7, 11) is 2.76. The van der Waals surface area contributed by atoms with E-state index in [1.165, 1.54) is 32.4 Å². The van der Waals surface area contributed by atoms with Crippen LogP contribution in [0.15, 0.2) is 54.1 Å². The molecule has 0 bridgehead atoms. The van der Waals surface area contributed by atoms with Crippen molar-refractivity contribution < 1.29 is 33.3 Å². The van der Waals surface area contributed by atoms with Crippen LogP contribution in [0.3, 0.4) is 0 Å². The number of carbonyl (C=O) groups is 3. The van der Waals surface area contributed by atoms with Gasteiger partial charge in [0.25, 0.3) is 11.8 Å². The van der Waals surface area contributed by atoms with Crippen LogP contribution < -0.4 is 29.2 Å². The number of methoxy groups -OCH3 is 2. The second-order valence-electron chi connectivity index (χ2n) is 8.29. The second kappa shape index (κ2) is 12.8. The molecule has 208 valence electrons. The Balaban J connectivity index is 1.70. The number of benzene rings is 3. The minimum absolute atomic E-state index is 0.0557. The number of nitrogens with one attached hydrogen (secondary N) is 1. The average molecular weight is 697 g/mol. The molecule has 1 aliphatic heterocycles. The Hall–Kier alpha value is -3.48. The fourth-order valence-corrected chi connectivity index (χ4v) is 5.01. The Morgan fingerprint density at radius 2 is 1.62 bits per heavy atom. The number of ether oxygens (including phenoxy) is 4. The molecular formula is C28H23Cl2IN2O7.